The highest BCUT2D eigenvalue weighted by Crippen LogP contribution is 2.59. The van der Waals surface area contributed by atoms with Crippen molar-refractivity contribution in [3.05, 3.63) is 34.3 Å². The van der Waals surface area contributed by atoms with Crippen LogP contribution < -0.4 is 0 Å². The fourth-order valence-corrected chi connectivity index (χ4v) is 3.85. The Hall–Kier alpha value is -1.36. The zero-order valence-corrected chi connectivity index (χ0v) is 14.2. The van der Waals surface area contributed by atoms with Gasteiger partial charge < -0.3 is 10.0 Å². The van der Waals surface area contributed by atoms with Gasteiger partial charge in [0.05, 0.1) is 11.8 Å². The van der Waals surface area contributed by atoms with E-state index in [0.717, 1.165) is 29.3 Å². The molecular formula is C17H20BrNO3. The summed E-state index contributed by atoms with van der Waals surface area (Å²) in [6.07, 6.45) is 2.43. The Morgan fingerprint density at radius 1 is 1.27 bits per heavy atom. The second-order valence-corrected chi connectivity index (χ2v) is 7.47. The first kappa shape index (κ1) is 15.5. The van der Waals surface area contributed by atoms with E-state index in [1.807, 2.05) is 36.1 Å². The number of halogens is 1. The summed E-state index contributed by atoms with van der Waals surface area (Å²) in [7, 11) is 0. The van der Waals surface area contributed by atoms with Crippen LogP contribution in [0.15, 0.2) is 28.7 Å². The van der Waals surface area contributed by atoms with Crippen molar-refractivity contribution in [3.8, 4) is 0 Å². The summed E-state index contributed by atoms with van der Waals surface area (Å²) in [5.41, 5.74) is 0.993. The highest BCUT2D eigenvalue weighted by molar-refractivity contribution is 9.10. The summed E-state index contributed by atoms with van der Waals surface area (Å²) in [6.45, 7) is 3.31. The quantitative estimate of drug-likeness (QED) is 0.893. The van der Waals surface area contributed by atoms with Gasteiger partial charge in [-0.1, -0.05) is 28.1 Å². The number of likely N-dealkylation sites (tertiary alicyclic amines) is 1. The van der Waals surface area contributed by atoms with Crippen LogP contribution in [0.2, 0.25) is 0 Å². The lowest BCUT2D eigenvalue weighted by atomic mass is 9.89. The Kier molecular flexibility index (Phi) is 4.02. The molecule has 3 rings (SSSR count). The molecule has 2 fully saturated rings. The van der Waals surface area contributed by atoms with Crippen LogP contribution in [0, 0.1) is 11.3 Å². The van der Waals surface area contributed by atoms with Crippen LogP contribution in [0.25, 0.3) is 0 Å². The Morgan fingerprint density at radius 3 is 2.36 bits per heavy atom. The molecule has 22 heavy (non-hydrogen) atoms. The third-order valence-electron chi connectivity index (χ3n) is 5.30. The highest BCUT2D eigenvalue weighted by atomic mass is 79.9. The molecule has 1 saturated carbocycles. The number of carboxylic acid groups (broad SMARTS) is 1. The van der Waals surface area contributed by atoms with Crippen LogP contribution in [-0.4, -0.2) is 35.0 Å². The molecule has 0 aromatic heterocycles. The molecule has 1 saturated heterocycles. The summed E-state index contributed by atoms with van der Waals surface area (Å²) < 4.78 is 1.00. The second-order valence-electron chi connectivity index (χ2n) is 6.56. The summed E-state index contributed by atoms with van der Waals surface area (Å²) in [5, 5.41) is 9.12. The number of amides is 1. The first-order valence-corrected chi connectivity index (χ1v) is 8.49. The summed E-state index contributed by atoms with van der Waals surface area (Å²) in [6, 6.07) is 7.84. The average Bonchev–Trinajstić information content (AvgIpc) is 3.21. The van der Waals surface area contributed by atoms with Crippen molar-refractivity contribution < 1.29 is 14.7 Å². The number of rotatable bonds is 3. The van der Waals surface area contributed by atoms with E-state index in [4.69, 9.17) is 5.11 Å². The molecule has 0 bridgehead atoms. The van der Waals surface area contributed by atoms with Gasteiger partial charge in [-0.2, -0.15) is 0 Å². The first-order valence-electron chi connectivity index (χ1n) is 7.70. The van der Waals surface area contributed by atoms with E-state index in [2.05, 4.69) is 15.9 Å². The monoisotopic (exact) mass is 365 g/mol. The molecule has 1 aromatic carbocycles. The zero-order chi connectivity index (χ0) is 15.9. The van der Waals surface area contributed by atoms with E-state index in [9.17, 15) is 9.59 Å². The molecule has 118 valence electrons. The lowest BCUT2D eigenvalue weighted by Gasteiger charge is -2.34. The number of nitrogens with zero attached hydrogens (tertiary/aromatic N) is 1. The van der Waals surface area contributed by atoms with Gasteiger partial charge in [0.15, 0.2) is 0 Å². The molecule has 1 aliphatic carbocycles. The molecule has 4 nitrogen and oxygen atoms in total. The number of carboxylic acids is 1. The molecule has 1 amide bonds. The maximum atomic E-state index is 12.6. The SMILES string of the molecule is CC(C(=O)N1CCC2(CC1)CC2C(=O)O)c1ccc(Br)cc1. The fraction of sp³-hybridized carbons (Fsp3) is 0.529. The summed E-state index contributed by atoms with van der Waals surface area (Å²) >= 11 is 3.40. The molecule has 1 aromatic rings. The highest BCUT2D eigenvalue weighted by Gasteiger charge is 2.59. The second kappa shape index (κ2) is 5.69. The van der Waals surface area contributed by atoms with E-state index in [0.29, 0.717) is 13.1 Å². The molecule has 2 unspecified atom stereocenters. The van der Waals surface area contributed by atoms with E-state index in [1.54, 1.807) is 0 Å². The topological polar surface area (TPSA) is 57.6 Å². The minimum Gasteiger partial charge on any atom is -0.481 e. The van der Waals surface area contributed by atoms with Crippen LogP contribution >= 0.6 is 15.9 Å². The third-order valence-corrected chi connectivity index (χ3v) is 5.83. The Morgan fingerprint density at radius 2 is 1.86 bits per heavy atom. The zero-order valence-electron chi connectivity index (χ0n) is 12.6. The van der Waals surface area contributed by atoms with Gasteiger partial charge in [-0.05, 0) is 49.3 Å². The number of aliphatic carboxylic acids is 1. The molecule has 1 aliphatic heterocycles. The van der Waals surface area contributed by atoms with Crippen LogP contribution in [0.1, 0.15) is 37.7 Å². The van der Waals surface area contributed by atoms with Crippen LogP contribution in [-0.2, 0) is 9.59 Å². The van der Waals surface area contributed by atoms with Gasteiger partial charge in [-0.15, -0.1) is 0 Å². The predicted octanol–water partition coefficient (Wildman–Crippen LogP) is 3.27. The smallest absolute Gasteiger partial charge is 0.307 e. The average molecular weight is 366 g/mol. The number of carbonyl (C=O) groups is 2. The third kappa shape index (κ3) is 2.78. The molecule has 1 spiro atoms. The number of piperidine rings is 1. The van der Waals surface area contributed by atoms with E-state index in [-0.39, 0.29) is 23.2 Å². The molecule has 1 N–H and O–H groups in total. The molecule has 5 heteroatoms. The minimum atomic E-state index is -0.678. The first-order chi connectivity index (χ1) is 10.4. The Balaban J connectivity index is 1.60. The normalized spacial score (nSPS) is 24.1. The van der Waals surface area contributed by atoms with Crippen molar-refractivity contribution in [2.24, 2.45) is 11.3 Å². The number of benzene rings is 1. The van der Waals surface area contributed by atoms with Crippen LogP contribution in [0.4, 0.5) is 0 Å². The molecular weight excluding hydrogens is 346 g/mol. The van der Waals surface area contributed by atoms with Crippen molar-refractivity contribution in [2.45, 2.75) is 32.1 Å². The largest absolute Gasteiger partial charge is 0.481 e. The maximum Gasteiger partial charge on any atom is 0.307 e. The van der Waals surface area contributed by atoms with Gasteiger partial charge in [-0.25, -0.2) is 0 Å². The van der Waals surface area contributed by atoms with E-state index >= 15 is 0 Å². The van der Waals surface area contributed by atoms with Crippen molar-refractivity contribution >= 4 is 27.8 Å². The summed E-state index contributed by atoms with van der Waals surface area (Å²) in [5.74, 6) is -0.877. The fourth-order valence-electron chi connectivity index (χ4n) is 3.59. The number of carbonyl (C=O) groups excluding carboxylic acids is 1. The van der Waals surface area contributed by atoms with Crippen LogP contribution in [0.5, 0.6) is 0 Å². The van der Waals surface area contributed by atoms with Crippen molar-refractivity contribution in [1.29, 1.82) is 0 Å². The minimum absolute atomic E-state index is 0.0243. The van der Waals surface area contributed by atoms with Gasteiger partial charge >= 0.3 is 5.97 Å². The predicted molar refractivity (Wildman–Crippen MR) is 86.5 cm³/mol. The van der Waals surface area contributed by atoms with Gasteiger partial charge in [0.25, 0.3) is 0 Å². The lowest BCUT2D eigenvalue weighted by Crippen LogP contribution is -2.41. The molecule has 2 aliphatic rings. The van der Waals surface area contributed by atoms with Gasteiger partial charge in [0.1, 0.15) is 0 Å². The van der Waals surface area contributed by atoms with Gasteiger partial charge in [0, 0.05) is 17.6 Å². The molecule has 1 heterocycles. The Labute approximate surface area is 138 Å². The number of hydrogen-bond donors (Lipinski definition) is 1. The van der Waals surface area contributed by atoms with E-state index in [1.165, 1.54) is 0 Å². The van der Waals surface area contributed by atoms with Gasteiger partial charge in [0.2, 0.25) is 5.91 Å². The van der Waals surface area contributed by atoms with Crippen molar-refractivity contribution in [2.75, 3.05) is 13.1 Å². The lowest BCUT2D eigenvalue weighted by molar-refractivity contribution is -0.140. The van der Waals surface area contributed by atoms with Crippen LogP contribution in [0.3, 0.4) is 0 Å². The standard InChI is InChI=1S/C17H20BrNO3/c1-11(12-2-4-13(18)5-3-12)15(20)19-8-6-17(7-9-19)10-14(17)16(21)22/h2-5,11,14H,6-10H2,1H3,(H,21,22). The molecule has 2 atom stereocenters. The molecule has 0 radical (unpaired) electrons. The maximum absolute atomic E-state index is 12.6. The van der Waals surface area contributed by atoms with Gasteiger partial charge in [-0.3, -0.25) is 9.59 Å². The summed E-state index contributed by atoms with van der Waals surface area (Å²) in [4.78, 5) is 25.6. The number of hydrogen-bond acceptors (Lipinski definition) is 2. The Bertz CT molecular complexity index is 590. The van der Waals surface area contributed by atoms with Crippen molar-refractivity contribution in [1.82, 2.24) is 4.90 Å². The van der Waals surface area contributed by atoms with E-state index < -0.39 is 5.97 Å². The van der Waals surface area contributed by atoms with Crippen molar-refractivity contribution in [3.63, 3.8) is 0 Å².